The molecule has 6 heteroatoms. The summed E-state index contributed by atoms with van der Waals surface area (Å²) in [5.74, 6) is 7.70. The maximum absolute atomic E-state index is 12.4. The van der Waals surface area contributed by atoms with Gasteiger partial charge in [0.05, 0.1) is 20.8 Å². The van der Waals surface area contributed by atoms with E-state index in [0.29, 0.717) is 19.6 Å². The van der Waals surface area contributed by atoms with Gasteiger partial charge >= 0.3 is 6.03 Å². The number of nitrogens with one attached hydrogen (secondary N) is 1. The third kappa shape index (κ3) is 5.90. The summed E-state index contributed by atoms with van der Waals surface area (Å²) in [4.78, 5) is 16.5. The molecule has 0 atom stereocenters. The Bertz CT molecular complexity index is 866. The summed E-state index contributed by atoms with van der Waals surface area (Å²) in [5, 5.41) is 2.88. The van der Waals surface area contributed by atoms with E-state index in [-0.39, 0.29) is 6.03 Å². The Labute approximate surface area is 172 Å². The number of ether oxygens (including phenoxy) is 2. The first-order valence-electron chi connectivity index (χ1n) is 9.69. The molecule has 2 aromatic carbocycles. The maximum Gasteiger partial charge on any atom is 0.318 e. The number of urea groups is 1. The number of carbonyl (C=O) groups is 1. The van der Waals surface area contributed by atoms with Gasteiger partial charge in [0, 0.05) is 43.9 Å². The van der Waals surface area contributed by atoms with E-state index < -0.39 is 0 Å². The first-order chi connectivity index (χ1) is 14.2. The summed E-state index contributed by atoms with van der Waals surface area (Å²) in [6.45, 7) is 4.09. The third-order valence-electron chi connectivity index (χ3n) is 4.88. The highest BCUT2D eigenvalue weighted by atomic mass is 16.5. The largest absolute Gasteiger partial charge is 0.497 e. The minimum atomic E-state index is -0.0639. The standard InChI is InChI=1S/C23H27N3O3/c1-28-21-10-11-22(29-2)20(17-21)18-25-13-15-26(16-14-25)23(27)24-12-6-9-19-7-4-3-5-8-19/h3-5,7-8,10-11,17H,12-16,18H2,1-2H3,(H,24,27). The molecule has 1 aliphatic rings. The number of hydrogen-bond acceptors (Lipinski definition) is 4. The lowest BCUT2D eigenvalue weighted by atomic mass is 10.1. The molecule has 0 spiro atoms. The van der Waals surface area contributed by atoms with E-state index in [2.05, 4.69) is 22.1 Å². The van der Waals surface area contributed by atoms with Crippen molar-refractivity contribution in [2.75, 3.05) is 46.9 Å². The Morgan fingerprint density at radius 1 is 1.03 bits per heavy atom. The predicted molar refractivity (Wildman–Crippen MR) is 113 cm³/mol. The van der Waals surface area contributed by atoms with Crippen molar-refractivity contribution < 1.29 is 14.3 Å². The number of piperazine rings is 1. The van der Waals surface area contributed by atoms with Crippen LogP contribution >= 0.6 is 0 Å². The molecule has 2 aromatic rings. The van der Waals surface area contributed by atoms with E-state index in [0.717, 1.165) is 42.3 Å². The molecule has 2 amide bonds. The van der Waals surface area contributed by atoms with Gasteiger partial charge in [-0.15, -0.1) is 0 Å². The van der Waals surface area contributed by atoms with Gasteiger partial charge in [-0.3, -0.25) is 4.90 Å². The summed E-state index contributed by atoms with van der Waals surface area (Å²) < 4.78 is 10.8. The molecule has 0 bridgehead atoms. The van der Waals surface area contributed by atoms with Gasteiger partial charge in [0.1, 0.15) is 11.5 Å². The van der Waals surface area contributed by atoms with Gasteiger partial charge in [-0.25, -0.2) is 4.79 Å². The zero-order chi connectivity index (χ0) is 20.5. The number of carbonyl (C=O) groups excluding carboxylic acids is 1. The molecular weight excluding hydrogens is 366 g/mol. The Hall–Kier alpha value is -3.17. The lowest BCUT2D eigenvalue weighted by Crippen LogP contribution is -2.51. The van der Waals surface area contributed by atoms with Crippen molar-refractivity contribution >= 4 is 6.03 Å². The number of hydrogen-bond donors (Lipinski definition) is 1. The fourth-order valence-electron chi connectivity index (χ4n) is 3.25. The van der Waals surface area contributed by atoms with Crippen molar-refractivity contribution in [1.82, 2.24) is 15.1 Å². The summed E-state index contributed by atoms with van der Waals surface area (Å²) in [6.07, 6.45) is 0. The molecule has 1 N–H and O–H groups in total. The Balaban J connectivity index is 1.45. The van der Waals surface area contributed by atoms with Gasteiger partial charge in [-0.2, -0.15) is 0 Å². The fraction of sp³-hybridized carbons (Fsp3) is 0.348. The lowest BCUT2D eigenvalue weighted by Gasteiger charge is -2.34. The minimum absolute atomic E-state index is 0.0639. The SMILES string of the molecule is COc1ccc(OC)c(CN2CCN(C(=O)NCC#Cc3ccccc3)CC2)c1. The quantitative estimate of drug-likeness (QED) is 0.794. The first-order valence-corrected chi connectivity index (χ1v) is 9.69. The molecule has 1 fully saturated rings. The van der Waals surface area contributed by atoms with Crippen LogP contribution < -0.4 is 14.8 Å². The van der Waals surface area contributed by atoms with E-state index in [9.17, 15) is 4.79 Å². The average Bonchev–Trinajstić information content (AvgIpc) is 2.77. The van der Waals surface area contributed by atoms with Crippen LogP contribution in [0.3, 0.4) is 0 Å². The average molecular weight is 393 g/mol. The summed E-state index contributed by atoms with van der Waals surface area (Å²) in [7, 11) is 3.33. The van der Waals surface area contributed by atoms with Crippen LogP contribution in [0.2, 0.25) is 0 Å². The number of amides is 2. The third-order valence-corrected chi connectivity index (χ3v) is 4.88. The zero-order valence-electron chi connectivity index (χ0n) is 17.0. The van der Waals surface area contributed by atoms with E-state index in [1.165, 1.54) is 0 Å². The molecule has 29 heavy (non-hydrogen) atoms. The van der Waals surface area contributed by atoms with E-state index in [4.69, 9.17) is 9.47 Å². The Morgan fingerprint density at radius 3 is 2.48 bits per heavy atom. The van der Waals surface area contributed by atoms with Crippen LogP contribution in [0.4, 0.5) is 4.79 Å². The van der Waals surface area contributed by atoms with Gasteiger partial charge in [0.25, 0.3) is 0 Å². The highest BCUT2D eigenvalue weighted by Gasteiger charge is 2.21. The van der Waals surface area contributed by atoms with Crippen LogP contribution in [0.1, 0.15) is 11.1 Å². The number of benzene rings is 2. The normalized spacial score (nSPS) is 13.9. The number of nitrogens with zero attached hydrogens (tertiary/aromatic N) is 2. The van der Waals surface area contributed by atoms with Crippen molar-refractivity contribution in [2.45, 2.75) is 6.54 Å². The van der Waals surface area contributed by atoms with Crippen LogP contribution in [0, 0.1) is 11.8 Å². The van der Waals surface area contributed by atoms with Gasteiger partial charge in [-0.05, 0) is 30.3 Å². The molecule has 1 aliphatic heterocycles. The topological polar surface area (TPSA) is 54.0 Å². The predicted octanol–water partition coefficient (Wildman–Crippen LogP) is 2.58. The van der Waals surface area contributed by atoms with E-state index in [1.54, 1.807) is 14.2 Å². The van der Waals surface area contributed by atoms with Crippen LogP contribution in [-0.2, 0) is 6.54 Å². The second-order valence-corrected chi connectivity index (χ2v) is 6.77. The first kappa shape index (κ1) is 20.6. The molecule has 6 nitrogen and oxygen atoms in total. The van der Waals surface area contributed by atoms with E-state index in [1.807, 2.05) is 53.4 Å². The van der Waals surface area contributed by atoms with Crippen LogP contribution in [0.25, 0.3) is 0 Å². The zero-order valence-corrected chi connectivity index (χ0v) is 17.0. The van der Waals surface area contributed by atoms with Gasteiger partial charge < -0.3 is 19.7 Å². The van der Waals surface area contributed by atoms with Crippen LogP contribution in [0.5, 0.6) is 11.5 Å². The van der Waals surface area contributed by atoms with Crippen molar-refractivity contribution in [3.05, 3.63) is 59.7 Å². The molecular formula is C23H27N3O3. The van der Waals surface area contributed by atoms with Crippen molar-refractivity contribution in [3.63, 3.8) is 0 Å². The smallest absolute Gasteiger partial charge is 0.318 e. The monoisotopic (exact) mass is 393 g/mol. The van der Waals surface area contributed by atoms with E-state index >= 15 is 0 Å². The number of rotatable bonds is 5. The van der Waals surface area contributed by atoms with Crippen LogP contribution in [0.15, 0.2) is 48.5 Å². The molecule has 3 rings (SSSR count). The number of methoxy groups -OCH3 is 2. The fourth-order valence-corrected chi connectivity index (χ4v) is 3.25. The molecule has 0 saturated carbocycles. The van der Waals surface area contributed by atoms with Crippen LogP contribution in [-0.4, -0.2) is 62.8 Å². The minimum Gasteiger partial charge on any atom is -0.497 e. The maximum atomic E-state index is 12.4. The van der Waals surface area contributed by atoms with Crippen molar-refractivity contribution in [2.24, 2.45) is 0 Å². The summed E-state index contributed by atoms with van der Waals surface area (Å²) in [6, 6.07) is 15.5. The molecule has 1 saturated heterocycles. The van der Waals surface area contributed by atoms with Gasteiger partial charge in [0.15, 0.2) is 0 Å². The lowest BCUT2D eigenvalue weighted by molar-refractivity contribution is 0.135. The van der Waals surface area contributed by atoms with Crippen molar-refractivity contribution in [1.29, 1.82) is 0 Å². The molecule has 0 radical (unpaired) electrons. The Morgan fingerprint density at radius 2 is 1.79 bits per heavy atom. The van der Waals surface area contributed by atoms with Gasteiger partial charge in [-0.1, -0.05) is 30.0 Å². The van der Waals surface area contributed by atoms with Gasteiger partial charge in [0.2, 0.25) is 0 Å². The molecule has 0 aromatic heterocycles. The van der Waals surface area contributed by atoms with Crippen molar-refractivity contribution in [3.8, 4) is 23.3 Å². The molecule has 0 unspecified atom stereocenters. The highest BCUT2D eigenvalue weighted by Crippen LogP contribution is 2.25. The Kier molecular flexibility index (Phi) is 7.37. The molecule has 152 valence electrons. The second-order valence-electron chi connectivity index (χ2n) is 6.77. The molecule has 0 aliphatic carbocycles. The summed E-state index contributed by atoms with van der Waals surface area (Å²) in [5.41, 5.74) is 2.03. The second kappa shape index (κ2) is 10.4. The molecule has 1 heterocycles. The highest BCUT2D eigenvalue weighted by molar-refractivity contribution is 5.74. The summed E-state index contributed by atoms with van der Waals surface area (Å²) >= 11 is 0.